The van der Waals surface area contributed by atoms with Crippen molar-refractivity contribution in [3.63, 3.8) is 0 Å². The molecule has 0 spiro atoms. The summed E-state index contributed by atoms with van der Waals surface area (Å²) >= 11 is 0. The van der Waals surface area contributed by atoms with Gasteiger partial charge in [0.25, 0.3) is 0 Å². The number of carbonyl (C=O) groups excluding carboxylic acids is 2. The fraction of sp³-hybridized carbons (Fsp3) is 0.784. The maximum absolute atomic E-state index is 12.1. The molecule has 0 rings (SSSR count). The van der Waals surface area contributed by atoms with Crippen LogP contribution in [0.3, 0.4) is 0 Å². The Morgan fingerprint density at radius 1 is 0.548 bits per heavy atom. The van der Waals surface area contributed by atoms with Gasteiger partial charge < -0.3 is 14.6 Å². The second kappa shape index (κ2) is 33.6. The lowest BCUT2D eigenvalue weighted by molar-refractivity contribution is -0.161. The average molecular weight is 591 g/mol. The lowest BCUT2D eigenvalue weighted by Gasteiger charge is -2.15. The number of rotatable bonds is 31. The number of ether oxygens (including phenoxy) is 2. The van der Waals surface area contributed by atoms with Crippen LogP contribution in [0.4, 0.5) is 0 Å². The zero-order valence-electron chi connectivity index (χ0n) is 27.5. The van der Waals surface area contributed by atoms with Crippen molar-refractivity contribution in [2.75, 3.05) is 13.2 Å². The quantitative estimate of drug-likeness (QED) is 0.0494. The standard InChI is InChI=1S/C37H66O5/c1-3-5-7-9-11-13-14-15-16-17-18-19-20-21-22-24-26-28-30-32-37(40)42-35(33-38)34-41-36(39)31-29-27-25-23-12-10-8-6-4-2/h11,13,15-16,18-19,35,38H,3-10,12,14,17,20-34H2,1-2H3/b13-11-,16-15-,19-18-/t35-/m0/s1. The molecule has 0 aliphatic carbocycles. The number of esters is 2. The van der Waals surface area contributed by atoms with E-state index < -0.39 is 6.10 Å². The largest absolute Gasteiger partial charge is 0.462 e. The molecule has 5 nitrogen and oxygen atoms in total. The maximum atomic E-state index is 12.1. The minimum Gasteiger partial charge on any atom is -0.462 e. The lowest BCUT2D eigenvalue weighted by atomic mass is 10.1. The Morgan fingerprint density at radius 3 is 1.48 bits per heavy atom. The molecule has 0 unspecified atom stereocenters. The molecule has 0 bridgehead atoms. The third-order valence-corrected chi connectivity index (χ3v) is 7.44. The highest BCUT2D eigenvalue weighted by Crippen LogP contribution is 2.12. The first-order chi connectivity index (χ1) is 20.6. The van der Waals surface area contributed by atoms with Crippen molar-refractivity contribution in [1.82, 2.24) is 0 Å². The summed E-state index contributed by atoms with van der Waals surface area (Å²) in [5.41, 5.74) is 0. The van der Waals surface area contributed by atoms with E-state index in [-0.39, 0.29) is 25.2 Å². The van der Waals surface area contributed by atoms with Crippen LogP contribution in [0.15, 0.2) is 36.5 Å². The second-order valence-electron chi connectivity index (χ2n) is 11.6. The minimum atomic E-state index is -0.773. The molecule has 42 heavy (non-hydrogen) atoms. The van der Waals surface area contributed by atoms with Crippen molar-refractivity contribution in [2.45, 2.75) is 174 Å². The number of hydrogen-bond donors (Lipinski definition) is 1. The van der Waals surface area contributed by atoms with E-state index in [9.17, 15) is 14.7 Å². The number of aliphatic hydroxyl groups is 1. The third-order valence-electron chi connectivity index (χ3n) is 7.44. The first-order valence-electron chi connectivity index (χ1n) is 17.5. The van der Waals surface area contributed by atoms with Crippen LogP contribution >= 0.6 is 0 Å². The number of unbranched alkanes of at least 4 members (excludes halogenated alkanes) is 17. The van der Waals surface area contributed by atoms with Gasteiger partial charge in [-0.05, 0) is 51.4 Å². The number of hydrogen-bond acceptors (Lipinski definition) is 5. The van der Waals surface area contributed by atoms with Crippen LogP contribution in [-0.2, 0) is 19.1 Å². The van der Waals surface area contributed by atoms with Crippen LogP contribution in [0.5, 0.6) is 0 Å². The topological polar surface area (TPSA) is 72.8 Å². The number of aliphatic hydroxyl groups excluding tert-OH is 1. The molecule has 0 saturated carbocycles. The molecule has 1 atom stereocenters. The number of carbonyl (C=O) groups is 2. The van der Waals surface area contributed by atoms with Gasteiger partial charge >= 0.3 is 11.9 Å². The zero-order valence-corrected chi connectivity index (χ0v) is 27.5. The Kier molecular flexibility index (Phi) is 32.1. The molecule has 0 amide bonds. The third kappa shape index (κ3) is 31.1. The molecule has 0 aliphatic heterocycles. The Labute approximate surface area is 259 Å². The number of allylic oxidation sites excluding steroid dienone is 6. The van der Waals surface area contributed by atoms with Gasteiger partial charge in [0.05, 0.1) is 6.61 Å². The van der Waals surface area contributed by atoms with Gasteiger partial charge in [0.1, 0.15) is 6.61 Å². The van der Waals surface area contributed by atoms with Crippen molar-refractivity contribution < 1.29 is 24.2 Å². The van der Waals surface area contributed by atoms with Crippen molar-refractivity contribution in [3.05, 3.63) is 36.5 Å². The van der Waals surface area contributed by atoms with Crippen LogP contribution in [-0.4, -0.2) is 36.4 Å². The molecule has 1 N–H and O–H groups in total. The molecular formula is C37H66O5. The van der Waals surface area contributed by atoms with Gasteiger partial charge in [0.15, 0.2) is 6.10 Å². The molecule has 5 heteroatoms. The molecule has 0 saturated heterocycles. The molecule has 0 aliphatic rings. The van der Waals surface area contributed by atoms with Crippen molar-refractivity contribution >= 4 is 11.9 Å². The SMILES string of the molecule is CCCCC/C=C\C/C=C\C/C=C\CCCCCCCCC(=O)O[C@@H](CO)COC(=O)CCCCCCCCCCC. The van der Waals surface area contributed by atoms with E-state index in [0.717, 1.165) is 57.8 Å². The highest BCUT2D eigenvalue weighted by molar-refractivity contribution is 5.70. The summed E-state index contributed by atoms with van der Waals surface area (Å²) in [5, 5.41) is 9.49. The van der Waals surface area contributed by atoms with Gasteiger partial charge in [-0.1, -0.05) is 140 Å². The van der Waals surface area contributed by atoms with E-state index in [4.69, 9.17) is 9.47 Å². The van der Waals surface area contributed by atoms with E-state index in [1.54, 1.807) is 0 Å². The fourth-order valence-electron chi connectivity index (χ4n) is 4.74. The summed E-state index contributed by atoms with van der Waals surface area (Å²) < 4.78 is 10.5. The van der Waals surface area contributed by atoms with Gasteiger partial charge in [-0.2, -0.15) is 0 Å². The zero-order chi connectivity index (χ0) is 30.8. The first-order valence-corrected chi connectivity index (χ1v) is 17.5. The van der Waals surface area contributed by atoms with Crippen LogP contribution < -0.4 is 0 Å². The van der Waals surface area contributed by atoms with E-state index in [2.05, 4.69) is 50.3 Å². The average Bonchev–Trinajstić information content (AvgIpc) is 2.99. The summed E-state index contributed by atoms with van der Waals surface area (Å²) in [6.45, 7) is 4.06. The Bertz CT molecular complexity index is 682. The summed E-state index contributed by atoms with van der Waals surface area (Å²) in [4.78, 5) is 24.1. The predicted octanol–water partition coefficient (Wildman–Crippen LogP) is 10.5. The molecule has 0 aromatic rings. The van der Waals surface area contributed by atoms with Crippen LogP contribution in [0.25, 0.3) is 0 Å². The Morgan fingerprint density at radius 2 is 0.952 bits per heavy atom. The molecule has 244 valence electrons. The second-order valence-corrected chi connectivity index (χ2v) is 11.6. The Balaban J connectivity index is 3.60. The first kappa shape index (κ1) is 40.1. The smallest absolute Gasteiger partial charge is 0.306 e. The summed E-state index contributed by atoms with van der Waals surface area (Å²) in [6, 6.07) is 0. The van der Waals surface area contributed by atoms with Crippen LogP contribution in [0.2, 0.25) is 0 Å². The van der Waals surface area contributed by atoms with Crippen LogP contribution in [0.1, 0.15) is 168 Å². The van der Waals surface area contributed by atoms with Gasteiger partial charge in [-0.25, -0.2) is 0 Å². The maximum Gasteiger partial charge on any atom is 0.306 e. The molecular weight excluding hydrogens is 524 g/mol. The van der Waals surface area contributed by atoms with E-state index >= 15 is 0 Å². The highest BCUT2D eigenvalue weighted by Gasteiger charge is 2.16. The molecule has 0 aromatic carbocycles. The normalized spacial score (nSPS) is 12.5. The molecule has 0 fully saturated rings. The van der Waals surface area contributed by atoms with Gasteiger partial charge in [0.2, 0.25) is 0 Å². The van der Waals surface area contributed by atoms with Crippen molar-refractivity contribution in [1.29, 1.82) is 0 Å². The van der Waals surface area contributed by atoms with E-state index in [1.165, 1.54) is 83.5 Å². The van der Waals surface area contributed by atoms with E-state index in [1.807, 2.05) is 0 Å². The highest BCUT2D eigenvalue weighted by atomic mass is 16.6. The van der Waals surface area contributed by atoms with Gasteiger partial charge in [-0.3, -0.25) is 9.59 Å². The van der Waals surface area contributed by atoms with E-state index in [0.29, 0.717) is 12.8 Å². The van der Waals surface area contributed by atoms with Crippen LogP contribution in [0, 0.1) is 0 Å². The van der Waals surface area contributed by atoms with Gasteiger partial charge in [0, 0.05) is 12.8 Å². The fourth-order valence-corrected chi connectivity index (χ4v) is 4.74. The molecule has 0 radical (unpaired) electrons. The van der Waals surface area contributed by atoms with Gasteiger partial charge in [-0.15, -0.1) is 0 Å². The predicted molar refractivity (Wildman–Crippen MR) is 178 cm³/mol. The van der Waals surface area contributed by atoms with Crippen molar-refractivity contribution in [2.24, 2.45) is 0 Å². The summed E-state index contributed by atoms with van der Waals surface area (Å²) in [6.07, 6.45) is 39.1. The lowest BCUT2D eigenvalue weighted by Crippen LogP contribution is -2.28. The Hall–Kier alpha value is -1.88. The molecule has 0 aromatic heterocycles. The molecule has 0 heterocycles. The minimum absolute atomic E-state index is 0.0697. The summed E-state index contributed by atoms with van der Waals surface area (Å²) in [7, 11) is 0. The summed E-state index contributed by atoms with van der Waals surface area (Å²) in [5.74, 6) is -0.609. The monoisotopic (exact) mass is 590 g/mol. The van der Waals surface area contributed by atoms with Crippen molar-refractivity contribution in [3.8, 4) is 0 Å².